The maximum atomic E-state index is 12.6. The number of hydrogen-bond acceptors (Lipinski definition) is 5. The average molecular weight is 454 g/mol. The molecule has 1 N–H and O–H groups in total. The van der Waals surface area contributed by atoms with Crippen LogP contribution in [0.2, 0.25) is 5.02 Å². The van der Waals surface area contributed by atoms with E-state index in [4.69, 9.17) is 20.9 Å². The van der Waals surface area contributed by atoms with Crippen molar-refractivity contribution in [2.45, 2.75) is 33.5 Å². The van der Waals surface area contributed by atoms with Crippen LogP contribution in [0.3, 0.4) is 0 Å². The molecule has 0 fully saturated rings. The SMILES string of the molecule is CCn1ncc(Br)c1CNC(=O)c1noc(C)c1COc1ccccc1Cl. The first kappa shape index (κ1) is 19.4. The Morgan fingerprint density at radius 1 is 1.41 bits per heavy atom. The minimum absolute atomic E-state index is 0.123. The lowest BCUT2D eigenvalue weighted by atomic mass is 10.2. The van der Waals surface area contributed by atoms with Crippen molar-refractivity contribution in [3.05, 3.63) is 62.7 Å². The Balaban J connectivity index is 1.70. The van der Waals surface area contributed by atoms with Crippen LogP contribution in [0.5, 0.6) is 5.75 Å². The second-order valence-corrected chi connectivity index (χ2v) is 6.98. The Morgan fingerprint density at radius 3 is 2.93 bits per heavy atom. The standard InChI is InChI=1S/C18H18BrClN4O3/c1-3-24-15(13(19)8-22-24)9-21-18(25)17-12(11(2)27-23-17)10-26-16-7-5-4-6-14(16)20/h4-8H,3,9-10H2,1-2H3,(H,21,25). The van der Waals surface area contributed by atoms with Gasteiger partial charge in [-0.05, 0) is 41.9 Å². The maximum Gasteiger partial charge on any atom is 0.274 e. The highest BCUT2D eigenvalue weighted by Gasteiger charge is 2.21. The fourth-order valence-corrected chi connectivity index (χ4v) is 3.16. The molecule has 0 aliphatic carbocycles. The zero-order valence-electron chi connectivity index (χ0n) is 14.8. The van der Waals surface area contributed by atoms with E-state index in [-0.39, 0.29) is 18.2 Å². The van der Waals surface area contributed by atoms with Crippen LogP contribution in [0.4, 0.5) is 0 Å². The van der Waals surface area contributed by atoms with Crippen LogP contribution in [0.15, 0.2) is 39.5 Å². The Morgan fingerprint density at radius 2 is 2.19 bits per heavy atom. The molecule has 3 aromatic rings. The molecule has 7 nitrogen and oxygen atoms in total. The van der Waals surface area contributed by atoms with E-state index >= 15 is 0 Å². The first-order valence-electron chi connectivity index (χ1n) is 8.32. The Hall–Kier alpha value is -2.32. The number of rotatable bonds is 7. The first-order valence-corrected chi connectivity index (χ1v) is 9.49. The number of halogens is 2. The molecule has 1 amide bonds. The summed E-state index contributed by atoms with van der Waals surface area (Å²) >= 11 is 9.54. The highest BCUT2D eigenvalue weighted by Crippen LogP contribution is 2.25. The molecule has 0 bridgehead atoms. The van der Waals surface area contributed by atoms with Crippen LogP contribution < -0.4 is 10.1 Å². The molecule has 0 saturated heterocycles. The van der Waals surface area contributed by atoms with Crippen molar-refractivity contribution in [2.24, 2.45) is 0 Å². The van der Waals surface area contributed by atoms with E-state index in [2.05, 4.69) is 31.5 Å². The molecule has 0 aliphatic heterocycles. The lowest BCUT2D eigenvalue weighted by molar-refractivity contribution is 0.0938. The molecule has 2 aromatic heterocycles. The van der Waals surface area contributed by atoms with E-state index in [1.807, 2.05) is 19.1 Å². The average Bonchev–Trinajstić information content (AvgIpc) is 3.21. The Kier molecular flexibility index (Phi) is 6.18. The van der Waals surface area contributed by atoms with Gasteiger partial charge >= 0.3 is 0 Å². The molecule has 9 heteroatoms. The van der Waals surface area contributed by atoms with Crippen molar-refractivity contribution in [1.29, 1.82) is 0 Å². The molecule has 0 atom stereocenters. The van der Waals surface area contributed by atoms with Gasteiger partial charge in [-0.3, -0.25) is 9.48 Å². The maximum absolute atomic E-state index is 12.6. The molecule has 2 heterocycles. The summed E-state index contributed by atoms with van der Waals surface area (Å²) < 4.78 is 13.6. The van der Waals surface area contributed by atoms with Gasteiger partial charge in [-0.25, -0.2) is 0 Å². The van der Waals surface area contributed by atoms with Gasteiger partial charge in [0.05, 0.1) is 33.5 Å². The summed E-state index contributed by atoms with van der Waals surface area (Å²) in [4.78, 5) is 12.6. The molecular formula is C18H18BrClN4O3. The Labute approximate surface area is 169 Å². The van der Waals surface area contributed by atoms with Crippen LogP contribution in [0, 0.1) is 6.92 Å². The van der Waals surface area contributed by atoms with Crippen molar-refractivity contribution in [3.8, 4) is 5.75 Å². The van der Waals surface area contributed by atoms with E-state index < -0.39 is 0 Å². The summed E-state index contributed by atoms with van der Waals surface area (Å²) in [5, 5.41) is 11.5. The summed E-state index contributed by atoms with van der Waals surface area (Å²) in [5.41, 5.74) is 1.65. The molecule has 0 spiro atoms. The number of hydrogen-bond donors (Lipinski definition) is 1. The van der Waals surface area contributed by atoms with Gasteiger partial charge in [0.25, 0.3) is 5.91 Å². The number of aromatic nitrogens is 3. The largest absolute Gasteiger partial charge is 0.487 e. The molecular weight excluding hydrogens is 436 g/mol. The van der Waals surface area contributed by atoms with Gasteiger partial charge < -0.3 is 14.6 Å². The molecule has 27 heavy (non-hydrogen) atoms. The monoisotopic (exact) mass is 452 g/mol. The number of ether oxygens (including phenoxy) is 1. The number of nitrogens with zero attached hydrogens (tertiary/aromatic N) is 3. The molecule has 0 aliphatic rings. The van der Waals surface area contributed by atoms with Gasteiger partial charge in [0.1, 0.15) is 18.1 Å². The van der Waals surface area contributed by atoms with Crippen molar-refractivity contribution >= 4 is 33.4 Å². The third-order valence-corrected chi connectivity index (χ3v) is 5.00. The van der Waals surface area contributed by atoms with Gasteiger partial charge in [-0.15, -0.1) is 0 Å². The summed E-state index contributed by atoms with van der Waals surface area (Å²) in [6.45, 7) is 4.85. The topological polar surface area (TPSA) is 82.2 Å². The van der Waals surface area contributed by atoms with Gasteiger partial charge in [0.2, 0.25) is 0 Å². The van der Waals surface area contributed by atoms with Crippen LogP contribution in [-0.2, 0) is 19.7 Å². The first-order chi connectivity index (χ1) is 13.0. The van der Waals surface area contributed by atoms with Crippen molar-refractivity contribution < 1.29 is 14.1 Å². The van der Waals surface area contributed by atoms with Gasteiger partial charge in [-0.2, -0.15) is 5.10 Å². The summed E-state index contributed by atoms with van der Waals surface area (Å²) in [5.74, 6) is 0.703. The highest BCUT2D eigenvalue weighted by molar-refractivity contribution is 9.10. The number of benzene rings is 1. The smallest absolute Gasteiger partial charge is 0.274 e. The lowest BCUT2D eigenvalue weighted by Crippen LogP contribution is -2.26. The van der Waals surface area contributed by atoms with E-state index in [1.165, 1.54) is 0 Å². The van der Waals surface area contributed by atoms with Crippen molar-refractivity contribution in [3.63, 3.8) is 0 Å². The van der Waals surface area contributed by atoms with E-state index in [9.17, 15) is 4.79 Å². The molecule has 142 valence electrons. The zero-order chi connectivity index (χ0) is 19.4. The quantitative estimate of drug-likeness (QED) is 0.582. The number of carbonyl (C=O) groups excluding carboxylic acids is 1. The summed E-state index contributed by atoms with van der Waals surface area (Å²) in [7, 11) is 0. The normalized spacial score (nSPS) is 10.8. The van der Waals surface area contributed by atoms with Crippen LogP contribution in [0.25, 0.3) is 0 Å². The number of para-hydroxylation sites is 1. The second-order valence-electron chi connectivity index (χ2n) is 5.72. The number of carbonyl (C=O) groups is 1. The molecule has 0 saturated carbocycles. The summed E-state index contributed by atoms with van der Waals surface area (Å²) in [6.07, 6.45) is 1.70. The molecule has 0 radical (unpaired) electrons. The number of amides is 1. The third-order valence-electron chi connectivity index (χ3n) is 4.02. The Bertz CT molecular complexity index is 954. The molecule has 3 rings (SSSR count). The predicted octanol–water partition coefficient (Wildman–Crippen LogP) is 4.12. The van der Waals surface area contributed by atoms with E-state index in [1.54, 1.807) is 29.9 Å². The molecule has 1 aromatic carbocycles. The third kappa shape index (κ3) is 4.33. The number of aryl methyl sites for hydroxylation is 2. The fourth-order valence-electron chi connectivity index (χ4n) is 2.54. The second kappa shape index (κ2) is 8.58. The van der Waals surface area contributed by atoms with E-state index in [0.29, 0.717) is 35.2 Å². The number of nitrogens with one attached hydrogen (secondary N) is 1. The highest BCUT2D eigenvalue weighted by atomic mass is 79.9. The predicted molar refractivity (Wildman–Crippen MR) is 104 cm³/mol. The molecule has 0 unspecified atom stereocenters. The van der Waals surface area contributed by atoms with Gasteiger partial charge in [0, 0.05) is 6.54 Å². The zero-order valence-corrected chi connectivity index (χ0v) is 17.2. The van der Waals surface area contributed by atoms with Crippen molar-refractivity contribution in [1.82, 2.24) is 20.3 Å². The van der Waals surface area contributed by atoms with Crippen molar-refractivity contribution in [2.75, 3.05) is 0 Å². The van der Waals surface area contributed by atoms with E-state index in [0.717, 1.165) is 10.2 Å². The van der Waals surface area contributed by atoms with Crippen LogP contribution >= 0.6 is 27.5 Å². The van der Waals surface area contributed by atoms with Crippen LogP contribution in [-0.4, -0.2) is 20.8 Å². The summed E-state index contributed by atoms with van der Waals surface area (Å²) in [6, 6.07) is 7.13. The minimum atomic E-state index is -0.347. The fraction of sp³-hybridized carbons (Fsp3) is 0.278. The van der Waals surface area contributed by atoms with Crippen LogP contribution in [0.1, 0.15) is 34.4 Å². The lowest BCUT2D eigenvalue weighted by Gasteiger charge is -2.09. The minimum Gasteiger partial charge on any atom is -0.487 e. The van der Waals surface area contributed by atoms with Gasteiger partial charge in [0.15, 0.2) is 5.69 Å². The van der Waals surface area contributed by atoms with Gasteiger partial charge in [-0.1, -0.05) is 28.9 Å².